The van der Waals surface area contributed by atoms with Crippen LogP contribution in [0.1, 0.15) is 32.2 Å². The van der Waals surface area contributed by atoms with Crippen molar-refractivity contribution in [1.29, 1.82) is 0 Å². The molecule has 5 heteroatoms. The van der Waals surface area contributed by atoms with Gasteiger partial charge in [0.1, 0.15) is 0 Å². The van der Waals surface area contributed by atoms with Gasteiger partial charge in [0, 0.05) is 26.3 Å². The number of imidazole rings is 1. The summed E-state index contributed by atoms with van der Waals surface area (Å²) < 4.78 is 2.23. The summed E-state index contributed by atoms with van der Waals surface area (Å²) in [6, 6.07) is 0. The quantitative estimate of drug-likeness (QED) is 0.780. The molecule has 0 N–H and O–H groups in total. The van der Waals surface area contributed by atoms with Crippen LogP contribution in [0.2, 0.25) is 0 Å². The van der Waals surface area contributed by atoms with Gasteiger partial charge in [-0.15, -0.1) is 0 Å². The minimum Gasteiger partial charge on any atom is -0.348 e. The molecule has 0 bridgehead atoms. The molecule has 4 nitrogen and oxygen atoms in total. The van der Waals surface area contributed by atoms with Crippen LogP contribution in [-0.2, 0) is 11.3 Å². The lowest BCUT2D eigenvalue weighted by Crippen LogP contribution is -2.30. The zero-order valence-electron chi connectivity index (χ0n) is 13.0. The van der Waals surface area contributed by atoms with Crippen LogP contribution in [0.15, 0.2) is 5.16 Å². The van der Waals surface area contributed by atoms with E-state index in [2.05, 4.69) is 30.3 Å². The van der Waals surface area contributed by atoms with Crippen LogP contribution >= 0.6 is 11.8 Å². The van der Waals surface area contributed by atoms with Crippen LogP contribution in [0.5, 0.6) is 0 Å². The lowest BCUT2D eigenvalue weighted by Gasteiger charge is -2.17. The van der Waals surface area contributed by atoms with Crippen LogP contribution in [0.3, 0.4) is 0 Å². The molecule has 1 amide bonds. The number of aryl methyl sites for hydroxylation is 1. The molecule has 1 aromatic rings. The molecule has 0 saturated carbocycles. The third kappa shape index (κ3) is 4.00. The van der Waals surface area contributed by atoms with E-state index in [1.165, 1.54) is 5.69 Å². The Morgan fingerprint density at radius 2 is 1.89 bits per heavy atom. The van der Waals surface area contributed by atoms with Crippen molar-refractivity contribution in [2.75, 3.05) is 14.1 Å². The molecule has 19 heavy (non-hydrogen) atoms. The smallest absolute Gasteiger partial charge is 0.235 e. The minimum absolute atomic E-state index is 0.109. The fourth-order valence-electron chi connectivity index (χ4n) is 1.87. The molecule has 1 unspecified atom stereocenters. The number of nitrogens with zero attached hydrogens (tertiary/aromatic N) is 3. The van der Waals surface area contributed by atoms with Crippen molar-refractivity contribution in [3.05, 3.63) is 11.4 Å². The first kappa shape index (κ1) is 16.1. The molecule has 0 aliphatic carbocycles. The average Bonchev–Trinajstić information content (AvgIpc) is 2.55. The number of amides is 1. The summed E-state index contributed by atoms with van der Waals surface area (Å²) in [7, 11) is 3.58. The van der Waals surface area contributed by atoms with Crippen molar-refractivity contribution >= 4 is 17.7 Å². The Bertz CT molecular complexity index is 452. The Balaban J connectivity index is 2.94. The fraction of sp³-hybridized carbons (Fsp3) is 0.714. The highest BCUT2D eigenvalue weighted by atomic mass is 32.2. The zero-order chi connectivity index (χ0) is 14.7. The van der Waals surface area contributed by atoms with E-state index in [-0.39, 0.29) is 11.2 Å². The van der Waals surface area contributed by atoms with E-state index in [0.29, 0.717) is 5.92 Å². The number of hydrogen-bond donors (Lipinski definition) is 0. The summed E-state index contributed by atoms with van der Waals surface area (Å²) in [6.45, 7) is 11.4. The normalized spacial score (nSPS) is 12.8. The Kier molecular flexibility index (Phi) is 5.47. The second kappa shape index (κ2) is 6.46. The number of hydrogen-bond acceptors (Lipinski definition) is 3. The highest BCUT2D eigenvalue weighted by molar-refractivity contribution is 8.00. The topological polar surface area (TPSA) is 38.1 Å². The second-order valence-corrected chi connectivity index (χ2v) is 6.87. The third-order valence-electron chi connectivity index (χ3n) is 3.04. The second-order valence-electron chi connectivity index (χ2n) is 5.56. The van der Waals surface area contributed by atoms with E-state index in [1.807, 2.05) is 13.8 Å². The fourth-order valence-corrected chi connectivity index (χ4v) is 3.02. The molecule has 1 heterocycles. The number of thioether (sulfide) groups is 1. The molecule has 0 aromatic carbocycles. The van der Waals surface area contributed by atoms with Crippen LogP contribution in [0, 0.1) is 19.8 Å². The number of carbonyl (C=O) groups excluding carboxylic acids is 1. The van der Waals surface area contributed by atoms with E-state index in [0.717, 1.165) is 17.4 Å². The van der Waals surface area contributed by atoms with Gasteiger partial charge in [-0.25, -0.2) is 4.98 Å². The summed E-state index contributed by atoms with van der Waals surface area (Å²) in [5.74, 6) is 0.686. The number of rotatable bonds is 5. The monoisotopic (exact) mass is 283 g/mol. The van der Waals surface area contributed by atoms with Gasteiger partial charge in [-0.05, 0) is 26.7 Å². The Labute approximate surface area is 120 Å². The van der Waals surface area contributed by atoms with Gasteiger partial charge in [-0.1, -0.05) is 25.6 Å². The molecular formula is C14H25N3OS. The number of aromatic nitrogens is 2. The Morgan fingerprint density at radius 1 is 1.32 bits per heavy atom. The van der Waals surface area contributed by atoms with Gasteiger partial charge in [-0.3, -0.25) is 4.79 Å². The lowest BCUT2D eigenvalue weighted by atomic mass is 10.2. The van der Waals surface area contributed by atoms with Gasteiger partial charge < -0.3 is 9.47 Å². The van der Waals surface area contributed by atoms with Gasteiger partial charge in [-0.2, -0.15) is 0 Å². The number of carbonyl (C=O) groups is 1. The van der Waals surface area contributed by atoms with Gasteiger partial charge >= 0.3 is 0 Å². The van der Waals surface area contributed by atoms with E-state index >= 15 is 0 Å². The molecule has 0 fully saturated rings. The summed E-state index contributed by atoms with van der Waals surface area (Å²) in [5, 5.41) is 0.841. The maximum absolute atomic E-state index is 11.9. The highest BCUT2D eigenvalue weighted by Crippen LogP contribution is 2.26. The molecule has 108 valence electrons. The predicted molar refractivity (Wildman–Crippen MR) is 80.6 cm³/mol. The molecule has 1 atom stereocenters. The van der Waals surface area contributed by atoms with Crippen molar-refractivity contribution in [2.45, 2.75) is 51.6 Å². The first-order valence-corrected chi connectivity index (χ1v) is 7.53. The van der Waals surface area contributed by atoms with Crippen molar-refractivity contribution in [3.63, 3.8) is 0 Å². The standard InChI is InChI=1S/C14H25N3OS/c1-9(2)8-17-11(4)10(3)15-14(17)19-12(5)13(18)16(6)7/h9,12H,8H2,1-7H3. The van der Waals surface area contributed by atoms with Crippen LogP contribution in [0.25, 0.3) is 0 Å². The van der Waals surface area contributed by atoms with Crippen LogP contribution in [-0.4, -0.2) is 39.7 Å². The van der Waals surface area contributed by atoms with Crippen molar-refractivity contribution < 1.29 is 4.79 Å². The van der Waals surface area contributed by atoms with Crippen molar-refractivity contribution in [1.82, 2.24) is 14.5 Å². The first-order valence-electron chi connectivity index (χ1n) is 6.65. The largest absolute Gasteiger partial charge is 0.348 e. The maximum atomic E-state index is 11.9. The molecular weight excluding hydrogens is 258 g/mol. The third-order valence-corrected chi connectivity index (χ3v) is 4.12. The lowest BCUT2D eigenvalue weighted by molar-refractivity contribution is -0.127. The summed E-state index contributed by atoms with van der Waals surface area (Å²) in [4.78, 5) is 18.2. The summed E-state index contributed by atoms with van der Waals surface area (Å²) >= 11 is 1.54. The Morgan fingerprint density at radius 3 is 2.37 bits per heavy atom. The molecule has 0 radical (unpaired) electrons. The van der Waals surface area contributed by atoms with E-state index < -0.39 is 0 Å². The Hall–Kier alpha value is -0.970. The summed E-state index contributed by atoms with van der Waals surface area (Å²) in [6.07, 6.45) is 0. The molecule has 1 rings (SSSR count). The predicted octanol–water partition coefficient (Wildman–Crippen LogP) is 2.72. The van der Waals surface area contributed by atoms with Crippen molar-refractivity contribution in [3.8, 4) is 0 Å². The summed E-state index contributed by atoms with van der Waals surface area (Å²) in [5.41, 5.74) is 2.24. The molecule has 0 aliphatic rings. The molecule has 0 spiro atoms. The van der Waals surface area contributed by atoms with Crippen molar-refractivity contribution in [2.24, 2.45) is 5.92 Å². The van der Waals surface area contributed by atoms with Crippen LogP contribution < -0.4 is 0 Å². The van der Waals surface area contributed by atoms with E-state index in [1.54, 1.807) is 30.8 Å². The van der Waals surface area contributed by atoms with E-state index in [9.17, 15) is 4.79 Å². The highest BCUT2D eigenvalue weighted by Gasteiger charge is 2.21. The van der Waals surface area contributed by atoms with Gasteiger partial charge in [0.05, 0.1) is 10.9 Å². The average molecular weight is 283 g/mol. The van der Waals surface area contributed by atoms with E-state index in [4.69, 9.17) is 0 Å². The SMILES string of the molecule is Cc1nc(SC(C)C(=O)N(C)C)n(CC(C)C)c1C. The molecule has 0 aliphatic heterocycles. The van der Waals surface area contributed by atoms with Gasteiger partial charge in [0.2, 0.25) is 5.91 Å². The molecule has 1 aromatic heterocycles. The first-order chi connectivity index (χ1) is 8.73. The van der Waals surface area contributed by atoms with Crippen LogP contribution in [0.4, 0.5) is 0 Å². The zero-order valence-corrected chi connectivity index (χ0v) is 13.8. The maximum Gasteiger partial charge on any atom is 0.235 e. The molecule has 0 saturated heterocycles. The minimum atomic E-state index is -0.109. The van der Waals surface area contributed by atoms with Gasteiger partial charge in [0.15, 0.2) is 5.16 Å². The van der Waals surface area contributed by atoms with Gasteiger partial charge in [0.25, 0.3) is 0 Å².